The van der Waals surface area contributed by atoms with Gasteiger partial charge in [-0.3, -0.25) is 9.59 Å². The molecule has 0 bridgehead atoms. The molecule has 2 N–H and O–H groups in total. The van der Waals surface area contributed by atoms with E-state index in [1.807, 2.05) is 0 Å². The SMILES string of the molecule is COc1ccccc1N1C(=O)C(Cl)=C(Nc2ccc(S(=O)(=O)Nc3nc(C)cc(C)n3)cc2)C1=O. The molecule has 180 valence electrons. The molecule has 0 atom stereocenters. The van der Waals surface area contributed by atoms with Crippen LogP contribution in [0.25, 0.3) is 0 Å². The highest BCUT2D eigenvalue weighted by molar-refractivity contribution is 7.92. The molecule has 0 aliphatic carbocycles. The summed E-state index contributed by atoms with van der Waals surface area (Å²) in [7, 11) is -2.53. The molecule has 0 radical (unpaired) electrons. The van der Waals surface area contributed by atoms with Gasteiger partial charge >= 0.3 is 0 Å². The molecule has 12 heteroatoms. The monoisotopic (exact) mass is 513 g/mol. The Balaban J connectivity index is 1.54. The number of nitrogens with one attached hydrogen (secondary N) is 2. The summed E-state index contributed by atoms with van der Waals surface area (Å²) in [6.45, 7) is 3.47. The van der Waals surface area contributed by atoms with Crippen molar-refractivity contribution >= 4 is 50.8 Å². The Labute approximate surface area is 206 Å². The van der Waals surface area contributed by atoms with Crippen molar-refractivity contribution in [3.05, 3.63) is 76.7 Å². The number of hydrogen-bond donors (Lipinski definition) is 2. The Morgan fingerprint density at radius 3 is 2.20 bits per heavy atom. The molecular formula is C23H20ClN5O5S. The highest BCUT2D eigenvalue weighted by Crippen LogP contribution is 2.35. The lowest BCUT2D eigenvalue weighted by atomic mass is 10.2. The second-order valence-corrected chi connectivity index (χ2v) is 9.60. The van der Waals surface area contributed by atoms with Crippen LogP contribution in [-0.4, -0.2) is 37.3 Å². The standard InChI is InChI=1S/C23H20ClN5O5S/c1-13-12-14(2)26-23(25-13)28-35(32,33)16-10-8-15(9-11-16)27-20-19(24)21(30)29(22(20)31)17-6-4-5-7-18(17)34-3/h4-12,27H,1-3H3,(H,25,26,28). The minimum atomic E-state index is -3.96. The summed E-state index contributed by atoms with van der Waals surface area (Å²) < 4.78 is 33.0. The van der Waals surface area contributed by atoms with Gasteiger partial charge in [-0.15, -0.1) is 0 Å². The molecule has 2 aromatic carbocycles. The minimum absolute atomic E-state index is 0.0341. The van der Waals surface area contributed by atoms with E-state index in [2.05, 4.69) is 20.0 Å². The number of anilines is 3. The number of carbonyl (C=O) groups excluding carboxylic acids is 2. The average molecular weight is 514 g/mol. The van der Waals surface area contributed by atoms with E-state index in [1.165, 1.54) is 31.4 Å². The van der Waals surface area contributed by atoms with Gasteiger partial charge in [-0.25, -0.2) is 28.0 Å². The fourth-order valence-electron chi connectivity index (χ4n) is 3.46. The molecule has 1 aromatic heterocycles. The fourth-order valence-corrected chi connectivity index (χ4v) is 4.61. The van der Waals surface area contributed by atoms with E-state index in [4.69, 9.17) is 16.3 Å². The van der Waals surface area contributed by atoms with Crippen molar-refractivity contribution in [3.8, 4) is 5.75 Å². The van der Waals surface area contributed by atoms with Crippen LogP contribution in [0.1, 0.15) is 11.4 Å². The molecule has 10 nitrogen and oxygen atoms in total. The highest BCUT2D eigenvalue weighted by atomic mass is 35.5. The van der Waals surface area contributed by atoms with Crippen LogP contribution in [0.4, 0.5) is 17.3 Å². The molecule has 0 saturated heterocycles. The number of ether oxygens (including phenoxy) is 1. The number of nitrogens with zero attached hydrogens (tertiary/aromatic N) is 3. The van der Waals surface area contributed by atoms with Gasteiger partial charge in [0.25, 0.3) is 21.8 Å². The minimum Gasteiger partial charge on any atom is -0.495 e. The first-order chi connectivity index (χ1) is 16.6. The van der Waals surface area contributed by atoms with Crippen molar-refractivity contribution in [3.63, 3.8) is 0 Å². The van der Waals surface area contributed by atoms with Crippen LogP contribution in [-0.2, 0) is 19.6 Å². The molecule has 1 aliphatic rings. The summed E-state index contributed by atoms with van der Waals surface area (Å²) >= 11 is 6.18. The molecule has 0 saturated carbocycles. The third-order valence-corrected chi connectivity index (χ3v) is 6.69. The fraction of sp³-hybridized carbons (Fsp3) is 0.130. The van der Waals surface area contributed by atoms with Crippen LogP contribution in [0.15, 0.2) is 70.2 Å². The van der Waals surface area contributed by atoms with Crippen molar-refractivity contribution in [2.75, 3.05) is 22.0 Å². The molecular weight excluding hydrogens is 494 g/mol. The highest BCUT2D eigenvalue weighted by Gasteiger charge is 2.40. The van der Waals surface area contributed by atoms with Crippen LogP contribution in [0.5, 0.6) is 5.75 Å². The maximum Gasteiger partial charge on any atom is 0.283 e. The van der Waals surface area contributed by atoms with Crippen molar-refractivity contribution in [1.82, 2.24) is 9.97 Å². The smallest absolute Gasteiger partial charge is 0.283 e. The molecule has 2 heterocycles. The Kier molecular flexibility index (Phi) is 6.46. The number of benzene rings is 2. The summed E-state index contributed by atoms with van der Waals surface area (Å²) in [6.07, 6.45) is 0. The zero-order valence-electron chi connectivity index (χ0n) is 18.9. The van der Waals surface area contributed by atoms with E-state index in [0.717, 1.165) is 4.90 Å². The van der Waals surface area contributed by atoms with E-state index in [0.29, 0.717) is 22.8 Å². The van der Waals surface area contributed by atoms with E-state index < -0.39 is 21.8 Å². The zero-order chi connectivity index (χ0) is 25.3. The van der Waals surface area contributed by atoms with Gasteiger partial charge in [-0.2, -0.15) is 0 Å². The molecule has 35 heavy (non-hydrogen) atoms. The summed E-state index contributed by atoms with van der Waals surface area (Å²) in [4.78, 5) is 34.8. The number of para-hydroxylation sites is 2. The normalized spacial score (nSPS) is 13.9. The Bertz CT molecular complexity index is 1450. The Hall–Kier alpha value is -3.96. The average Bonchev–Trinajstić information content (AvgIpc) is 3.01. The van der Waals surface area contributed by atoms with Crippen LogP contribution in [0, 0.1) is 13.8 Å². The first-order valence-corrected chi connectivity index (χ1v) is 12.1. The number of aryl methyl sites for hydroxylation is 2. The lowest BCUT2D eigenvalue weighted by Crippen LogP contribution is -2.32. The first-order valence-electron chi connectivity index (χ1n) is 10.2. The summed E-state index contributed by atoms with van der Waals surface area (Å²) in [5, 5.41) is 2.51. The van der Waals surface area contributed by atoms with E-state index in [-0.39, 0.29) is 27.3 Å². The van der Waals surface area contributed by atoms with Crippen molar-refractivity contribution in [1.29, 1.82) is 0 Å². The van der Waals surface area contributed by atoms with Crippen molar-refractivity contribution in [2.45, 2.75) is 18.7 Å². The van der Waals surface area contributed by atoms with Crippen molar-refractivity contribution in [2.24, 2.45) is 0 Å². The number of carbonyl (C=O) groups is 2. The second-order valence-electron chi connectivity index (χ2n) is 7.54. The molecule has 0 spiro atoms. The Morgan fingerprint density at radius 2 is 1.57 bits per heavy atom. The summed E-state index contributed by atoms with van der Waals surface area (Å²) in [5.41, 5.74) is 1.71. The van der Waals surface area contributed by atoms with Gasteiger partial charge in [0.1, 0.15) is 16.5 Å². The number of imide groups is 1. The van der Waals surface area contributed by atoms with E-state index >= 15 is 0 Å². The molecule has 3 aromatic rings. The van der Waals surface area contributed by atoms with E-state index in [1.54, 1.807) is 44.2 Å². The maximum atomic E-state index is 13.0. The van der Waals surface area contributed by atoms with Crippen molar-refractivity contribution < 1.29 is 22.7 Å². The van der Waals surface area contributed by atoms with Gasteiger partial charge in [0, 0.05) is 17.1 Å². The number of hydrogen-bond acceptors (Lipinski definition) is 8. The molecule has 0 unspecified atom stereocenters. The summed E-state index contributed by atoms with van der Waals surface area (Å²) in [6, 6.07) is 13.8. The van der Waals surface area contributed by atoms with Gasteiger partial charge < -0.3 is 10.1 Å². The number of halogens is 1. The number of rotatable bonds is 7. The van der Waals surface area contributed by atoms with Crippen LogP contribution in [0.2, 0.25) is 0 Å². The maximum absolute atomic E-state index is 13.0. The number of sulfonamides is 1. The molecule has 2 amide bonds. The second kappa shape index (κ2) is 9.35. The van der Waals surface area contributed by atoms with Gasteiger partial charge in [0.2, 0.25) is 5.95 Å². The van der Waals surface area contributed by atoms with Gasteiger partial charge in [-0.05, 0) is 56.3 Å². The summed E-state index contributed by atoms with van der Waals surface area (Å²) in [5.74, 6) is -1.08. The van der Waals surface area contributed by atoms with Crippen LogP contribution >= 0.6 is 11.6 Å². The van der Waals surface area contributed by atoms with Gasteiger partial charge in [-0.1, -0.05) is 23.7 Å². The van der Waals surface area contributed by atoms with Gasteiger partial charge in [0.15, 0.2) is 0 Å². The number of aromatic nitrogens is 2. The predicted molar refractivity (Wildman–Crippen MR) is 131 cm³/mol. The first kappa shape index (κ1) is 24.2. The molecule has 0 fully saturated rings. The van der Waals surface area contributed by atoms with Gasteiger partial charge in [0.05, 0.1) is 17.7 Å². The topological polar surface area (TPSA) is 131 Å². The third-order valence-electron chi connectivity index (χ3n) is 5.00. The third kappa shape index (κ3) is 4.81. The Morgan fingerprint density at radius 1 is 0.943 bits per heavy atom. The zero-order valence-corrected chi connectivity index (χ0v) is 20.4. The molecule has 1 aliphatic heterocycles. The quantitative estimate of drug-likeness (QED) is 0.460. The van der Waals surface area contributed by atoms with Crippen LogP contribution in [0.3, 0.4) is 0 Å². The number of methoxy groups -OCH3 is 1. The van der Waals surface area contributed by atoms with E-state index in [9.17, 15) is 18.0 Å². The lowest BCUT2D eigenvalue weighted by Gasteiger charge is -2.17. The van der Waals surface area contributed by atoms with Crippen LogP contribution < -0.4 is 19.7 Å². The number of amides is 2. The lowest BCUT2D eigenvalue weighted by molar-refractivity contribution is -0.120. The largest absolute Gasteiger partial charge is 0.495 e. The molecule has 4 rings (SSSR count). The predicted octanol–water partition coefficient (Wildman–Crippen LogP) is 3.34.